The third-order valence-electron chi connectivity index (χ3n) is 5.32. The van der Waals surface area contributed by atoms with E-state index in [1.54, 1.807) is 42.6 Å². The summed E-state index contributed by atoms with van der Waals surface area (Å²) in [6, 6.07) is 12.8. The van der Waals surface area contributed by atoms with Crippen molar-refractivity contribution in [2.75, 3.05) is 45.8 Å². The van der Waals surface area contributed by atoms with Crippen LogP contribution < -0.4 is 19.5 Å². The molecule has 1 aliphatic heterocycles. The van der Waals surface area contributed by atoms with Crippen LogP contribution in [0.3, 0.4) is 0 Å². The fourth-order valence-electron chi connectivity index (χ4n) is 3.49. The van der Waals surface area contributed by atoms with E-state index < -0.39 is 15.9 Å². The molecule has 11 nitrogen and oxygen atoms in total. The largest absolute Gasteiger partial charge is 0.493 e. The molecule has 1 aromatic heterocycles. The van der Waals surface area contributed by atoms with Gasteiger partial charge in [-0.15, -0.1) is 0 Å². The summed E-state index contributed by atoms with van der Waals surface area (Å²) in [6.45, 7) is 1.40. The Morgan fingerprint density at radius 1 is 1.03 bits per heavy atom. The summed E-state index contributed by atoms with van der Waals surface area (Å²) in [4.78, 5) is 12.8. The number of carbonyl (C=O) groups excluding carboxylic acids is 1. The second-order valence-corrected chi connectivity index (χ2v) is 9.44. The number of morpholine rings is 1. The van der Waals surface area contributed by atoms with Crippen LogP contribution in [0.5, 0.6) is 17.2 Å². The number of rotatable bonds is 9. The number of nitrogens with one attached hydrogen (secondary N) is 1. The van der Waals surface area contributed by atoms with Crippen LogP contribution in [-0.4, -0.2) is 68.9 Å². The van der Waals surface area contributed by atoms with Crippen LogP contribution in [0.15, 0.2) is 59.6 Å². The standard InChI is InChI=1S/C23H26N4O7S/c1-31-20-4-3-5-21(32-2)22(20)34-16-26-11-10-19(25-26)23(28)24-17-6-8-18(9-7-17)35(29,30)27-12-14-33-15-13-27/h3-11H,12-16H2,1-2H3,(H,24,28). The molecule has 0 saturated carbocycles. The predicted octanol–water partition coefficient (Wildman–Crippen LogP) is 2.21. The van der Waals surface area contributed by atoms with E-state index in [9.17, 15) is 13.2 Å². The highest BCUT2D eigenvalue weighted by molar-refractivity contribution is 7.89. The minimum absolute atomic E-state index is 0.0259. The van der Waals surface area contributed by atoms with Gasteiger partial charge in [-0.1, -0.05) is 6.07 Å². The Hall–Kier alpha value is -3.61. The summed E-state index contributed by atoms with van der Waals surface area (Å²) < 4.78 is 49.9. The number of ether oxygens (including phenoxy) is 4. The zero-order valence-electron chi connectivity index (χ0n) is 19.3. The van der Waals surface area contributed by atoms with E-state index in [1.165, 1.54) is 35.3 Å². The quantitative estimate of drug-likeness (QED) is 0.473. The molecule has 0 bridgehead atoms. The summed E-state index contributed by atoms with van der Waals surface area (Å²) in [5.41, 5.74) is 0.617. The Bertz CT molecular complexity index is 1250. The van der Waals surface area contributed by atoms with Gasteiger partial charge in [0, 0.05) is 25.0 Å². The van der Waals surface area contributed by atoms with Gasteiger partial charge in [0.05, 0.1) is 32.3 Å². The summed E-state index contributed by atoms with van der Waals surface area (Å²) in [5, 5.41) is 6.95. The first-order chi connectivity index (χ1) is 16.9. The van der Waals surface area contributed by atoms with Crippen molar-refractivity contribution in [3.8, 4) is 17.2 Å². The molecule has 4 rings (SSSR count). The fraction of sp³-hybridized carbons (Fsp3) is 0.304. The lowest BCUT2D eigenvalue weighted by atomic mass is 10.3. The molecule has 35 heavy (non-hydrogen) atoms. The third-order valence-corrected chi connectivity index (χ3v) is 7.23. The van der Waals surface area contributed by atoms with Crippen molar-refractivity contribution in [1.29, 1.82) is 0 Å². The lowest BCUT2D eigenvalue weighted by molar-refractivity contribution is 0.0730. The number of para-hydroxylation sites is 1. The van der Waals surface area contributed by atoms with Gasteiger partial charge < -0.3 is 24.3 Å². The van der Waals surface area contributed by atoms with Crippen LogP contribution in [0.2, 0.25) is 0 Å². The highest BCUT2D eigenvalue weighted by atomic mass is 32.2. The van der Waals surface area contributed by atoms with Gasteiger partial charge >= 0.3 is 0 Å². The number of nitrogens with zero attached hydrogens (tertiary/aromatic N) is 3. The van der Waals surface area contributed by atoms with Crippen molar-refractivity contribution in [2.45, 2.75) is 11.6 Å². The van der Waals surface area contributed by atoms with Crippen LogP contribution in [-0.2, 0) is 21.5 Å². The molecule has 2 aromatic carbocycles. The second-order valence-electron chi connectivity index (χ2n) is 7.50. The molecular formula is C23H26N4O7S. The minimum Gasteiger partial charge on any atom is -0.493 e. The van der Waals surface area contributed by atoms with E-state index >= 15 is 0 Å². The normalized spacial score (nSPS) is 14.3. The van der Waals surface area contributed by atoms with Crippen LogP contribution >= 0.6 is 0 Å². The molecule has 1 amide bonds. The summed E-state index contributed by atoms with van der Waals surface area (Å²) >= 11 is 0. The van der Waals surface area contributed by atoms with Gasteiger partial charge in [0.2, 0.25) is 15.8 Å². The number of hydrogen-bond donors (Lipinski definition) is 1. The topological polar surface area (TPSA) is 121 Å². The third kappa shape index (κ3) is 5.56. The first-order valence-electron chi connectivity index (χ1n) is 10.8. The molecule has 1 N–H and O–H groups in total. The van der Waals surface area contributed by atoms with Crippen molar-refractivity contribution in [1.82, 2.24) is 14.1 Å². The number of anilines is 1. The molecule has 1 aliphatic rings. The number of amides is 1. The molecule has 0 spiro atoms. The van der Waals surface area contributed by atoms with E-state index in [0.717, 1.165) is 0 Å². The van der Waals surface area contributed by atoms with E-state index in [2.05, 4.69) is 10.4 Å². The molecule has 1 fully saturated rings. The number of sulfonamides is 1. The first kappa shape index (κ1) is 24.5. The average Bonchev–Trinajstić information content (AvgIpc) is 3.37. The van der Waals surface area contributed by atoms with E-state index in [4.69, 9.17) is 18.9 Å². The SMILES string of the molecule is COc1cccc(OC)c1OCn1ccc(C(=O)Nc2ccc(S(=O)(=O)N3CCOCC3)cc2)n1. The molecule has 1 saturated heterocycles. The van der Waals surface area contributed by atoms with Gasteiger partial charge in [-0.25, -0.2) is 13.1 Å². The molecule has 186 valence electrons. The molecule has 0 radical (unpaired) electrons. The Morgan fingerprint density at radius 2 is 1.69 bits per heavy atom. The van der Waals surface area contributed by atoms with Crippen molar-refractivity contribution in [3.63, 3.8) is 0 Å². The van der Waals surface area contributed by atoms with E-state index in [1.807, 2.05) is 0 Å². The molecular weight excluding hydrogens is 476 g/mol. The maximum Gasteiger partial charge on any atom is 0.276 e. The van der Waals surface area contributed by atoms with Crippen molar-refractivity contribution in [2.24, 2.45) is 0 Å². The van der Waals surface area contributed by atoms with Gasteiger partial charge in [-0.3, -0.25) is 4.79 Å². The Morgan fingerprint density at radius 3 is 2.31 bits per heavy atom. The molecule has 2 heterocycles. The zero-order chi connectivity index (χ0) is 24.8. The number of hydrogen-bond acceptors (Lipinski definition) is 8. The number of carbonyl (C=O) groups is 1. The molecule has 0 aliphatic carbocycles. The molecule has 0 unspecified atom stereocenters. The second kappa shape index (κ2) is 10.8. The van der Waals surface area contributed by atoms with E-state index in [0.29, 0.717) is 49.2 Å². The summed E-state index contributed by atoms with van der Waals surface area (Å²) in [5.74, 6) is 0.996. The average molecular weight is 503 g/mol. The van der Waals surface area contributed by atoms with Gasteiger partial charge in [0.25, 0.3) is 5.91 Å². The Balaban J connectivity index is 1.38. The maximum atomic E-state index is 12.7. The van der Waals surface area contributed by atoms with Crippen LogP contribution in [0.4, 0.5) is 5.69 Å². The van der Waals surface area contributed by atoms with Gasteiger partial charge in [0.15, 0.2) is 23.9 Å². The number of methoxy groups -OCH3 is 2. The lowest BCUT2D eigenvalue weighted by Crippen LogP contribution is -2.40. The highest BCUT2D eigenvalue weighted by Gasteiger charge is 2.26. The minimum atomic E-state index is -3.60. The maximum absolute atomic E-state index is 12.7. The lowest BCUT2D eigenvalue weighted by Gasteiger charge is -2.26. The van der Waals surface area contributed by atoms with Crippen molar-refractivity contribution < 1.29 is 32.2 Å². The molecule has 0 atom stereocenters. The summed E-state index contributed by atoms with van der Waals surface area (Å²) in [6.07, 6.45) is 1.61. The van der Waals surface area contributed by atoms with Gasteiger partial charge in [-0.05, 0) is 42.5 Å². The molecule has 12 heteroatoms. The monoisotopic (exact) mass is 502 g/mol. The fourth-order valence-corrected chi connectivity index (χ4v) is 4.89. The van der Waals surface area contributed by atoms with Crippen LogP contribution in [0.25, 0.3) is 0 Å². The van der Waals surface area contributed by atoms with Crippen molar-refractivity contribution >= 4 is 21.6 Å². The van der Waals surface area contributed by atoms with E-state index in [-0.39, 0.29) is 17.3 Å². The highest BCUT2D eigenvalue weighted by Crippen LogP contribution is 2.36. The summed E-state index contributed by atoms with van der Waals surface area (Å²) in [7, 11) is -0.542. The van der Waals surface area contributed by atoms with Gasteiger partial charge in [0.1, 0.15) is 0 Å². The predicted molar refractivity (Wildman–Crippen MR) is 126 cm³/mol. The number of aromatic nitrogens is 2. The van der Waals surface area contributed by atoms with Crippen LogP contribution in [0.1, 0.15) is 10.5 Å². The Kier molecular flexibility index (Phi) is 7.54. The van der Waals surface area contributed by atoms with Gasteiger partial charge in [-0.2, -0.15) is 9.40 Å². The number of benzene rings is 2. The zero-order valence-corrected chi connectivity index (χ0v) is 20.2. The first-order valence-corrected chi connectivity index (χ1v) is 12.2. The molecule has 3 aromatic rings. The smallest absolute Gasteiger partial charge is 0.276 e. The van der Waals surface area contributed by atoms with Crippen LogP contribution in [0, 0.1) is 0 Å². The Labute approximate surface area is 203 Å². The van der Waals surface area contributed by atoms with Crippen molar-refractivity contribution in [3.05, 3.63) is 60.4 Å².